The molecule has 1 heterocycles. The van der Waals surface area contributed by atoms with E-state index in [1.165, 1.54) is 11.8 Å². The highest BCUT2D eigenvalue weighted by Gasteiger charge is 2.28. The summed E-state index contributed by atoms with van der Waals surface area (Å²) < 4.78 is 1.02. The van der Waals surface area contributed by atoms with Crippen LogP contribution in [0.5, 0.6) is 0 Å². The molecule has 0 saturated heterocycles. The molecule has 4 nitrogen and oxygen atoms in total. The largest absolute Gasteiger partial charge is 0.325 e. The number of carbonyl (C=O) groups is 1. The van der Waals surface area contributed by atoms with Crippen LogP contribution in [0.15, 0.2) is 63.0 Å². The lowest BCUT2D eigenvalue weighted by molar-refractivity contribution is -0.113. The fraction of sp³-hybridized carbons (Fsp3) is 0.250. The third-order valence-electron chi connectivity index (χ3n) is 3.79. The molecule has 2 aromatic rings. The molecule has 1 N–H and O–H groups in total. The van der Waals surface area contributed by atoms with Gasteiger partial charge >= 0.3 is 0 Å². The summed E-state index contributed by atoms with van der Waals surface area (Å²) in [5.41, 5.74) is 3.26. The number of carbonyl (C=O) groups excluding carboxylic acids is 1. The molecular weight excluding hydrogens is 410 g/mol. The van der Waals surface area contributed by atoms with E-state index in [9.17, 15) is 4.79 Å². The van der Waals surface area contributed by atoms with Crippen molar-refractivity contribution in [1.82, 2.24) is 0 Å². The Morgan fingerprint density at radius 2 is 1.88 bits per heavy atom. The maximum absolute atomic E-state index is 12.3. The van der Waals surface area contributed by atoms with Crippen molar-refractivity contribution in [2.75, 3.05) is 11.1 Å². The van der Waals surface area contributed by atoms with Gasteiger partial charge in [-0.2, -0.15) is 0 Å². The fourth-order valence-electron chi connectivity index (χ4n) is 2.59. The summed E-state index contributed by atoms with van der Waals surface area (Å²) in [5, 5.41) is 3.74. The van der Waals surface area contributed by atoms with Gasteiger partial charge in [0.1, 0.15) is 10.7 Å². The number of hydrogen-bond donors (Lipinski definition) is 1. The van der Waals surface area contributed by atoms with Gasteiger partial charge in [0.15, 0.2) is 0 Å². The predicted octanol–water partition coefficient (Wildman–Crippen LogP) is 5.07. The minimum absolute atomic E-state index is 0.0588. The lowest BCUT2D eigenvalue weighted by Crippen LogP contribution is -2.17. The first-order chi connectivity index (χ1) is 12.3. The average Bonchev–Trinajstić information content (AvgIpc) is 2.92. The summed E-state index contributed by atoms with van der Waals surface area (Å²) in [6.07, 6.45) is 0. The van der Waals surface area contributed by atoms with Crippen molar-refractivity contribution in [3.63, 3.8) is 0 Å². The highest BCUT2D eigenvalue weighted by atomic mass is 79.9. The SMILES string of the molecule is Cc1cc(NC(=O)CSC2=NC(C)(C)N=C2c2ccccc2)ccc1Br. The fourth-order valence-corrected chi connectivity index (χ4v) is 3.76. The minimum atomic E-state index is -0.493. The molecule has 0 aromatic heterocycles. The second kappa shape index (κ2) is 7.76. The van der Waals surface area contributed by atoms with Gasteiger partial charge in [0.25, 0.3) is 0 Å². The smallest absolute Gasteiger partial charge is 0.234 e. The van der Waals surface area contributed by atoms with Gasteiger partial charge in [0.2, 0.25) is 5.91 Å². The Kier molecular flexibility index (Phi) is 5.63. The summed E-state index contributed by atoms with van der Waals surface area (Å²) in [7, 11) is 0. The van der Waals surface area contributed by atoms with Crippen molar-refractivity contribution < 1.29 is 4.79 Å². The first-order valence-corrected chi connectivity index (χ1v) is 10.1. The number of hydrogen-bond acceptors (Lipinski definition) is 4. The Hall–Kier alpha value is -1.92. The molecule has 134 valence electrons. The molecule has 6 heteroatoms. The summed E-state index contributed by atoms with van der Waals surface area (Å²) >= 11 is 4.89. The Balaban J connectivity index is 1.67. The number of aliphatic imine (C=N–C) groups is 2. The zero-order chi connectivity index (χ0) is 18.7. The second-order valence-electron chi connectivity index (χ2n) is 6.54. The number of nitrogens with one attached hydrogen (secondary N) is 1. The highest BCUT2D eigenvalue weighted by molar-refractivity contribution is 9.10. The van der Waals surface area contributed by atoms with E-state index in [1.54, 1.807) is 0 Å². The lowest BCUT2D eigenvalue weighted by atomic mass is 10.1. The molecule has 0 spiro atoms. The Morgan fingerprint density at radius 3 is 2.58 bits per heavy atom. The maximum atomic E-state index is 12.3. The minimum Gasteiger partial charge on any atom is -0.325 e. The molecular formula is C20H20BrN3OS. The molecule has 0 radical (unpaired) electrons. The number of nitrogens with zero attached hydrogens (tertiary/aromatic N) is 2. The first-order valence-electron chi connectivity index (χ1n) is 8.28. The molecule has 1 amide bonds. The van der Waals surface area contributed by atoms with Crippen molar-refractivity contribution >= 4 is 50.0 Å². The van der Waals surface area contributed by atoms with Gasteiger partial charge in [-0.3, -0.25) is 9.79 Å². The molecule has 0 fully saturated rings. The molecule has 1 aliphatic rings. The zero-order valence-electron chi connectivity index (χ0n) is 14.9. The summed E-state index contributed by atoms with van der Waals surface area (Å²) in [4.78, 5) is 21.7. The topological polar surface area (TPSA) is 53.8 Å². The van der Waals surface area contributed by atoms with Gasteiger partial charge in [0, 0.05) is 15.7 Å². The van der Waals surface area contributed by atoms with Crippen molar-refractivity contribution in [3.05, 3.63) is 64.1 Å². The number of aryl methyl sites for hydroxylation is 1. The van der Waals surface area contributed by atoms with Gasteiger partial charge in [-0.15, -0.1) is 0 Å². The van der Waals surface area contributed by atoms with Crippen molar-refractivity contribution in [1.29, 1.82) is 0 Å². The van der Waals surface area contributed by atoms with E-state index in [1.807, 2.05) is 69.3 Å². The zero-order valence-corrected chi connectivity index (χ0v) is 17.3. The van der Waals surface area contributed by atoms with Gasteiger partial charge in [-0.1, -0.05) is 58.0 Å². The van der Waals surface area contributed by atoms with Crippen LogP contribution >= 0.6 is 27.7 Å². The average molecular weight is 430 g/mol. The van der Waals surface area contributed by atoms with Crippen LogP contribution in [0, 0.1) is 6.92 Å². The molecule has 2 aromatic carbocycles. The van der Waals surface area contributed by atoms with E-state index in [2.05, 4.69) is 26.2 Å². The van der Waals surface area contributed by atoms with Crippen LogP contribution in [0.2, 0.25) is 0 Å². The molecule has 3 rings (SSSR count). The first kappa shape index (κ1) is 18.9. The predicted molar refractivity (Wildman–Crippen MR) is 114 cm³/mol. The number of thioether (sulfide) groups is 1. The third-order valence-corrected chi connectivity index (χ3v) is 5.65. The van der Waals surface area contributed by atoms with E-state index in [4.69, 9.17) is 4.99 Å². The van der Waals surface area contributed by atoms with Crippen LogP contribution in [0.3, 0.4) is 0 Å². The second-order valence-corrected chi connectivity index (χ2v) is 8.36. The van der Waals surface area contributed by atoms with Crippen LogP contribution in [0.4, 0.5) is 5.69 Å². The maximum Gasteiger partial charge on any atom is 0.234 e. The van der Waals surface area contributed by atoms with Gasteiger partial charge < -0.3 is 5.32 Å². The number of rotatable bonds is 4. The van der Waals surface area contributed by atoms with Gasteiger partial charge in [0.05, 0.1) is 11.5 Å². The van der Waals surface area contributed by atoms with Crippen LogP contribution in [-0.2, 0) is 4.79 Å². The molecule has 0 unspecified atom stereocenters. The Labute approximate surface area is 166 Å². The lowest BCUT2D eigenvalue weighted by Gasteiger charge is -2.08. The number of halogens is 1. The molecule has 1 aliphatic heterocycles. The third kappa shape index (κ3) is 4.62. The molecule has 0 bridgehead atoms. The van der Waals surface area contributed by atoms with Gasteiger partial charge in [-0.05, 0) is 44.5 Å². The van der Waals surface area contributed by atoms with Crippen LogP contribution in [-0.4, -0.2) is 28.1 Å². The molecule has 0 atom stereocenters. The van der Waals surface area contributed by atoms with Crippen molar-refractivity contribution in [2.24, 2.45) is 9.98 Å². The van der Waals surface area contributed by atoms with Gasteiger partial charge in [-0.25, -0.2) is 4.99 Å². The Morgan fingerprint density at radius 1 is 1.15 bits per heavy atom. The van der Waals surface area contributed by atoms with Crippen LogP contribution in [0.1, 0.15) is 25.0 Å². The number of anilines is 1. The van der Waals surface area contributed by atoms with E-state index >= 15 is 0 Å². The van der Waals surface area contributed by atoms with Crippen molar-refractivity contribution in [3.8, 4) is 0 Å². The van der Waals surface area contributed by atoms with Crippen LogP contribution in [0.25, 0.3) is 0 Å². The standard InChI is InChI=1S/C20H20BrN3OS/c1-13-11-15(9-10-16(13)21)22-17(25)12-26-19-18(23-20(2,3)24-19)14-7-5-4-6-8-14/h4-11H,12H2,1-3H3,(H,22,25). The Bertz CT molecular complexity index is 891. The van der Waals surface area contributed by atoms with Crippen LogP contribution < -0.4 is 5.32 Å². The quantitative estimate of drug-likeness (QED) is 0.737. The molecule has 0 saturated carbocycles. The number of benzene rings is 2. The summed E-state index contributed by atoms with van der Waals surface area (Å²) in [6, 6.07) is 15.7. The molecule has 0 aliphatic carbocycles. The van der Waals surface area contributed by atoms with E-state index in [-0.39, 0.29) is 11.7 Å². The summed E-state index contributed by atoms with van der Waals surface area (Å²) in [5.74, 6) is 0.229. The van der Waals surface area contributed by atoms with Crippen molar-refractivity contribution in [2.45, 2.75) is 26.4 Å². The highest BCUT2D eigenvalue weighted by Crippen LogP contribution is 2.27. The monoisotopic (exact) mass is 429 g/mol. The van der Waals surface area contributed by atoms with E-state index in [0.29, 0.717) is 0 Å². The number of amides is 1. The van der Waals surface area contributed by atoms with E-state index < -0.39 is 5.66 Å². The molecule has 26 heavy (non-hydrogen) atoms. The summed E-state index contributed by atoms with van der Waals surface area (Å²) in [6.45, 7) is 5.93. The normalized spacial score (nSPS) is 15.4. The van der Waals surface area contributed by atoms with E-state index in [0.717, 1.165) is 32.0 Å².